The molecule has 1 unspecified atom stereocenters. The molecule has 0 saturated carbocycles. The third-order valence-corrected chi connectivity index (χ3v) is 4.04. The molecule has 0 saturated heterocycles. The minimum absolute atomic E-state index is 0.142. The summed E-state index contributed by atoms with van der Waals surface area (Å²) in [5.41, 5.74) is 0.789. The molecule has 0 aliphatic carbocycles. The number of fused-ring (bicyclic) bond motifs is 1. The van der Waals surface area contributed by atoms with E-state index in [9.17, 15) is 9.59 Å². The van der Waals surface area contributed by atoms with Crippen molar-refractivity contribution in [2.24, 2.45) is 0 Å². The van der Waals surface area contributed by atoms with Gasteiger partial charge in [0.2, 0.25) is 5.95 Å². The maximum atomic E-state index is 12.6. The summed E-state index contributed by atoms with van der Waals surface area (Å²) in [5.74, 6) is -0.701. The Morgan fingerprint density at radius 3 is 2.73 bits per heavy atom. The molecule has 0 fully saturated rings. The van der Waals surface area contributed by atoms with Crippen molar-refractivity contribution >= 4 is 29.0 Å². The zero-order valence-electron chi connectivity index (χ0n) is 14.3. The molecular formula is C16H17ClN6O3. The lowest BCUT2D eigenvalue weighted by atomic mass is 10.2. The van der Waals surface area contributed by atoms with Crippen LogP contribution < -0.4 is 10.9 Å². The standard InChI is InChI=1S/C16H17ClN6O3/c1-8(2)20-16-18-5-11(17)13(21-16)10-4-12-14(24)22(9(3)15(25)26)7-19-23(12)6-10/h4-9H,1-3H3,(H,25,26)(H,18,20,21). The summed E-state index contributed by atoms with van der Waals surface area (Å²) in [6.07, 6.45) is 4.29. The van der Waals surface area contributed by atoms with Gasteiger partial charge < -0.3 is 10.4 Å². The topological polar surface area (TPSA) is 114 Å². The van der Waals surface area contributed by atoms with E-state index in [0.29, 0.717) is 22.2 Å². The van der Waals surface area contributed by atoms with Crippen molar-refractivity contribution in [3.05, 3.63) is 40.2 Å². The highest BCUT2D eigenvalue weighted by atomic mass is 35.5. The lowest BCUT2D eigenvalue weighted by Gasteiger charge is -2.09. The van der Waals surface area contributed by atoms with E-state index < -0.39 is 17.6 Å². The normalized spacial score (nSPS) is 12.5. The van der Waals surface area contributed by atoms with Crippen LogP contribution in [0.1, 0.15) is 26.8 Å². The molecule has 0 bridgehead atoms. The Kier molecular flexibility index (Phi) is 4.64. The average molecular weight is 377 g/mol. The van der Waals surface area contributed by atoms with Crippen LogP contribution in [0.3, 0.4) is 0 Å². The molecule has 0 aliphatic rings. The molecule has 3 heterocycles. The number of nitrogens with one attached hydrogen (secondary N) is 1. The third kappa shape index (κ3) is 3.25. The predicted molar refractivity (Wildman–Crippen MR) is 96.6 cm³/mol. The monoisotopic (exact) mass is 376 g/mol. The zero-order valence-corrected chi connectivity index (χ0v) is 15.1. The van der Waals surface area contributed by atoms with Gasteiger partial charge in [-0.15, -0.1) is 0 Å². The molecule has 0 radical (unpaired) electrons. The van der Waals surface area contributed by atoms with Gasteiger partial charge in [0.25, 0.3) is 5.56 Å². The van der Waals surface area contributed by atoms with Crippen molar-refractivity contribution in [2.75, 3.05) is 5.32 Å². The summed E-state index contributed by atoms with van der Waals surface area (Å²) in [6, 6.07) is 0.694. The predicted octanol–water partition coefficient (Wildman–Crippen LogP) is 2.07. The van der Waals surface area contributed by atoms with Gasteiger partial charge in [-0.2, -0.15) is 5.10 Å². The molecule has 0 amide bonds. The van der Waals surface area contributed by atoms with Crippen LogP contribution in [0, 0.1) is 0 Å². The number of carboxylic acids is 1. The fourth-order valence-electron chi connectivity index (χ4n) is 2.42. The van der Waals surface area contributed by atoms with Crippen molar-refractivity contribution < 1.29 is 9.90 Å². The SMILES string of the molecule is CC(C)Nc1ncc(Cl)c(-c2cc3c(=O)n(C(C)C(=O)O)cnn3c2)n1. The van der Waals surface area contributed by atoms with Crippen molar-refractivity contribution in [3.8, 4) is 11.3 Å². The number of anilines is 1. The molecule has 3 aromatic rings. The molecule has 10 heteroatoms. The first kappa shape index (κ1) is 17.9. The van der Waals surface area contributed by atoms with Gasteiger partial charge in [0.1, 0.15) is 17.9 Å². The number of carboxylic acid groups (broad SMARTS) is 1. The highest BCUT2D eigenvalue weighted by Gasteiger charge is 2.18. The van der Waals surface area contributed by atoms with Crippen LogP contribution in [0.15, 0.2) is 29.6 Å². The molecule has 0 spiro atoms. The summed E-state index contributed by atoms with van der Waals surface area (Å²) in [7, 11) is 0. The fraction of sp³-hybridized carbons (Fsp3) is 0.312. The van der Waals surface area contributed by atoms with E-state index in [1.54, 1.807) is 12.3 Å². The summed E-state index contributed by atoms with van der Waals surface area (Å²) in [4.78, 5) is 32.2. The number of rotatable bonds is 5. The maximum absolute atomic E-state index is 12.6. The average Bonchev–Trinajstić information content (AvgIpc) is 3.00. The Hall–Kier alpha value is -2.94. The second-order valence-corrected chi connectivity index (χ2v) is 6.51. The van der Waals surface area contributed by atoms with Gasteiger partial charge in [-0.3, -0.25) is 9.36 Å². The van der Waals surface area contributed by atoms with E-state index >= 15 is 0 Å². The highest BCUT2D eigenvalue weighted by molar-refractivity contribution is 6.32. The van der Waals surface area contributed by atoms with Gasteiger partial charge in [-0.25, -0.2) is 19.3 Å². The first-order chi connectivity index (χ1) is 12.3. The zero-order chi connectivity index (χ0) is 19.0. The summed E-state index contributed by atoms with van der Waals surface area (Å²) in [5, 5.41) is 16.6. The number of carbonyl (C=O) groups is 1. The van der Waals surface area contributed by atoms with Crippen molar-refractivity contribution in [1.29, 1.82) is 0 Å². The van der Waals surface area contributed by atoms with E-state index in [1.165, 1.54) is 24.0 Å². The Balaban J connectivity index is 2.12. The summed E-state index contributed by atoms with van der Waals surface area (Å²) < 4.78 is 2.44. The Morgan fingerprint density at radius 1 is 1.35 bits per heavy atom. The van der Waals surface area contributed by atoms with Gasteiger partial charge in [0, 0.05) is 17.8 Å². The number of nitrogens with zero attached hydrogens (tertiary/aromatic N) is 5. The molecule has 26 heavy (non-hydrogen) atoms. The molecule has 136 valence electrons. The third-order valence-electron chi connectivity index (χ3n) is 3.76. The van der Waals surface area contributed by atoms with Gasteiger partial charge in [-0.05, 0) is 26.8 Å². The van der Waals surface area contributed by atoms with Crippen LogP contribution in [0.5, 0.6) is 0 Å². The molecule has 0 aliphatic heterocycles. The van der Waals surface area contributed by atoms with Gasteiger partial charge in [0.15, 0.2) is 0 Å². The van der Waals surface area contributed by atoms with Crippen molar-refractivity contribution in [2.45, 2.75) is 32.9 Å². The highest BCUT2D eigenvalue weighted by Crippen LogP contribution is 2.27. The van der Waals surface area contributed by atoms with Crippen LogP contribution in [0.2, 0.25) is 5.02 Å². The minimum atomic E-state index is -1.12. The summed E-state index contributed by atoms with van der Waals surface area (Å²) >= 11 is 6.21. The molecule has 9 nitrogen and oxygen atoms in total. The van der Waals surface area contributed by atoms with Gasteiger partial charge >= 0.3 is 5.97 Å². The van der Waals surface area contributed by atoms with E-state index in [1.807, 2.05) is 13.8 Å². The molecule has 2 N–H and O–H groups in total. The van der Waals surface area contributed by atoms with Crippen LogP contribution in [0.25, 0.3) is 16.8 Å². The smallest absolute Gasteiger partial charge is 0.326 e. The number of aliphatic carboxylic acids is 1. The second kappa shape index (κ2) is 6.75. The minimum Gasteiger partial charge on any atom is -0.480 e. The number of halogens is 1. The molecule has 0 aromatic carbocycles. The van der Waals surface area contributed by atoms with Crippen molar-refractivity contribution in [1.82, 2.24) is 24.1 Å². The number of hydrogen-bond acceptors (Lipinski definition) is 6. The molecule has 3 aromatic heterocycles. The van der Waals surface area contributed by atoms with E-state index in [4.69, 9.17) is 16.7 Å². The molecule has 1 atom stereocenters. The van der Waals surface area contributed by atoms with E-state index in [2.05, 4.69) is 20.4 Å². The van der Waals surface area contributed by atoms with Gasteiger partial charge in [-0.1, -0.05) is 11.6 Å². The Labute approximate surface area is 153 Å². The van der Waals surface area contributed by atoms with E-state index in [-0.39, 0.29) is 11.6 Å². The molecular weight excluding hydrogens is 360 g/mol. The second-order valence-electron chi connectivity index (χ2n) is 6.11. The lowest BCUT2D eigenvalue weighted by Crippen LogP contribution is -2.29. The molecule has 3 rings (SSSR count). The Morgan fingerprint density at radius 2 is 2.08 bits per heavy atom. The first-order valence-corrected chi connectivity index (χ1v) is 8.27. The lowest BCUT2D eigenvalue weighted by molar-refractivity contribution is -0.140. The van der Waals surface area contributed by atoms with Crippen molar-refractivity contribution in [3.63, 3.8) is 0 Å². The first-order valence-electron chi connectivity index (χ1n) is 7.89. The maximum Gasteiger partial charge on any atom is 0.326 e. The summed E-state index contributed by atoms with van der Waals surface area (Å²) in [6.45, 7) is 5.33. The van der Waals surface area contributed by atoms with E-state index in [0.717, 1.165) is 4.57 Å². The Bertz CT molecular complexity index is 1040. The van der Waals surface area contributed by atoms with Crippen LogP contribution in [-0.2, 0) is 4.79 Å². The fourth-order valence-corrected chi connectivity index (χ4v) is 2.63. The van der Waals surface area contributed by atoms with Crippen LogP contribution >= 0.6 is 11.6 Å². The number of hydrogen-bond donors (Lipinski definition) is 2. The number of aromatic nitrogens is 5. The van der Waals surface area contributed by atoms with Crippen LogP contribution in [-0.4, -0.2) is 41.3 Å². The largest absolute Gasteiger partial charge is 0.480 e. The van der Waals surface area contributed by atoms with Gasteiger partial charge in [0.05, 0.1) is 16.9 Å². The van der Waals surface area contributed by atoms with Crippen LogP contribution in [0.4, 0.5) is 5.95 Å². The quantitative estimate of drug-likeness (QED) is 0.700.